The molecule has 0 aromatic heterocycles. The highest BCUT2D eigenvalue weighted by Gasteiger charge is 1.89. The van der Waals surface area contributed by atoms with E-state index in [0.29, 0.717) is 0 Å². The van der Waals surface area contributed by atoms with Crippen molar-refractivity contribution in [2.45, 2.75) is 0 Å². The molecule has 0 spiro atoms. The Morgan fingerprint density at radius 2 is 1.44 bits per heavy atom. The van der Waals surface area contributed by atoms with Crippen LogP contribution in [0.25, 0.3) is 0 Å². The van der Waals surface area contributed by atoms with Crippen molar-refractivity contribution in [3.8, 4) is 30.4 Å². The van der Waals surface area contributed by atoms with E-state index in [1.807, 2.05) is 54.6 Å². The van der Waals surface area contributed by atoms with E-state index >= 15 is 0 Å². The van der Waals surface area contributed by atoms with Crippen LogP contribution in [0.2, 0.25) is 0 Å². The van der Waals surface area contributed by atoms with Gasteiger partial charge in [0.25, 0.3) is 0 Å². The number of methoxy groups -OCH3 is 1. The van der Waals surface area contributed by atoms with Crippen molar-refractivity contribution >= 4 is 0 Å². The highest BCUT2D eigenvalue weighted by molar-refractivity contribution is 5.38. The monoisotopic (exact) mass is 234 g/mol. The lowest BCUT2D eigenvalue weighted by Gasteiger charge is -1.97. The van der Waals surface area contributed by atoms with Crippen LogP contribution in [-0.2, 0) is 0 Å². The first-order valence-electron chi connectivity index (χ1n) is 5.42. The van der Waals surface area contributed by atoms with E-state index in [9.17, 15) is 0 Å². The number of hydrogen-bond acceptors (Lipinski definition) is 1. The predicted molar refractivity (Wildman–Crippen MR) is 75.3 cm³/mol. The Morgan fingerprint density at radius 3 is 1.94 bits per heavy atom. The van der Waals surface area contributed by atoms with Crippen LogP contribution < -0.4 is 4.74 Å². The standard InChI is InChI=1S/C9H8O.C8H6/c1-3-8-5-4-6-9(7-8)10-2;1-2-8-6-4-3-5-7-8/h1,4-7H,2H3;1,3-7H. The summed E-state index contributed by atoms with van der Waals surface area (Å²) in [6, 6.07) is 17.0. The Morgan fingerprint density at radius 1 is 0.833 bits per heavy atom. The molecule has 0 aliphatic heterocycles. The van der Waals surface area contributed by atoms with Crippen LogP contribution in [0, 0.1) is 24.7 Å². The van der Waals surface area contributed by atoms with E-state index in [1.54, 1.807) is 7.11 Å². The molecule has 0 heterocycles. The summed E-state index contributed by atoms with van der Waals surface area (Å²) in [5.74, 6) is 5.85. The SMILES string of the molecule is C#Cc1cccc(OC)c1.C#Cc1ccccc1. The van der Waals surface area contributed by atoms with E-state index in [1.165, 1.54) is 0 Å². The summed E-state index contributed by atoms with van der Waals surface area (Å²) >= 11 is 0. The molecule has 0 saturated heterocycles. The summed E-state index contributed by atoms with van der Waals surface area (Å²) in [4.78, 5) is 0. The molecule has 2 rings (SSSR count). The molecule has 0 N–H and O–H groups in total. The molecule has 0 fully saturated rings. The van der Waals surface area contributed by atoms with Gasteiger partial charge in [0.15, 0.2) is 0 Å². The number of terminal acetylenes is 2. The maximum Gasteiger partial charge on any atom is 0.120 e. The van der Waals surface area contributed by atoms with E-state index in [4.69, 9.17) is 17.6 Å². The van der Waals surface area contributed by atoms with Gasteiger partial charge < -0.3 is 4.74 Å². The average Bonchev–Trinajstić information content (AvgIpc) is 2.48. The predicted octanol–water partition coefficient (Wildman–Crippen LogP) is 3.34. The summed E-state index contributed by atoms with van der Waals surface area (Å²) in [6.45, 7) is 0. The molecule has 0 bridgehead atoms. The molecule has 0 aliphatic rings. The number of rotatable bonds is 1. The molecular formula is C17H14O. The van der Waals surface area contributed by atoms with Gasteiger partial charge in [-0.05, 0) is 30.3 Å². The van der Waals surface area contributed by atoms with Crippen LogP contribution in [0.1, 0.15) is 11.1 Å². The summed E-state index contributed by atoms with van der Waals surface area (Å²) in [7, 11) is 1.62. The molecule has 0 atom stereocenters. The van der Waals surface area contributed by atoms with Crippen molar-refractivity contribution in [3.05, 3.63) is 65.7 Å². The van der Waals surface area contributed by atoms with Crippen molar-refractivity contribution in [1.82, 2.24) is 0 Å². The van der Waals surface area contributed by atoms with Gasteiger partial charge in [-0.15, -0.1) is 12.8 Å². The zero-order chi connectivity index (χ0) is 13.2. The molecule has 18 heavy (non-hydrogen) atoms. The first-order valence-corrected chi connectivity index (χ1v) is 5.42. The van der Waals surface area contributed by atoms with Crippen molar-refractivity contribution in [2.24, 2.45) is 0 Å². The highest BCUT2D eigenvalue weighted by atomic mass is 16.5. The molecule has 0 unspecified atom stereocenters. The number of hydrogen-bond donors (Lipinski definition) is 0. The second kappa shape index (κ2) is 7.60. The van der Waals surface area contributed by atoms with Crippen LogP contribution in [0.4, 0.5) is 0 Å². The van der Waals surface area contributed by atoms with Gasteiger partial charge in [-0.3, -0.25) is 0 Å². The molecule has 2 aromatic rings. The quantitative estimate of drug-likeness (QED) is 0.688. The van der Waals surface area contributed by atoms with Gasteiger partial charge in [0.05, 0.1) is 7.11 Å². The zero-order valence-corrected chi connectivity index (χ0v) is 10.3. The van der Waals surface area contributed by atoms with Crippen LogP contribution in [0.5, 0.6) is 5.75 Å². The van der Waals surface area contributed by atoms with Gasteiger partial charge in [-0.25, -0.2) is 0 Å². The lowest BCUT2D eigenvalue weighted by atomic mass is 10.2. The van der Waals surface area contributed by atoms with Gasteiger partial charge in [0, 0.05) is 11.1 Å². The highest BCUT2D eigenvalue weighted by Crippen LogP contribution is 2.10. The molecular weight excluding hydrogens is 220 g/mol. The molecule has 0 aliphatic carbocycles. The lowest BCUT2D eigenvalue weighted by molar-refractivity contribution is 0.414. The third-order valence-corrected chi connectivity index (χ3v) is 2.18. The topological polar surface area (TPSA) is 9.23 Å². The third-order valence-electron chi connectivity index (χ3n) is 2.18. The summed E-state index contributed by atoms with van der Waals surface area (Å²) in [5.41, 5.74) is 1.78. The minimum absolute atomic E-state index is 0.801. The first kappa shape index (κ1) is 13.4. The van der Waals surface area contributed by atoms with Gasteiger partial charge in [-0.2, -0.15) is 0 Å². The summed E-state index contributed by atoms with van der Waals surface area (Å²) < 4.78 is 4.96. The smallest absolute Gasteiger partial charge is 0.120 e. The van der Waals surface area contributed by atoms with Gasteiger partial charge in [-0.1, -0.05) is 36.1 Å². The molecule has 0 amide bonds. The van der Waals surface area contributed by atoms with Crippen molar-refractivity contribution < 1.29 is 4.74 Å². The van der Waals surface area contributed by atoms with E-state index < -0.39 is 0 Å². The maximum absolute atomic E-state index is 5.17. The Labute approximate surface area is 108 Å². The number of benzene rings is 2. The minimum Gasteiger partial charge on any atom is -0.497 e. The largest absolute Gasteiger partial charge is 0.497 e. The molecule has 88 valence electrons. The molecule has 2 aromatic carbocycles. The lowest BCUT2D eigenvalue weighted by Crippen LogP contribution is -1.82. The molecule has 1 nitrogen and oxygen atoms in total. The Kier molecular flexibility index (Phi) is 5.67. The Bertz CT molecular complexity index is 556. The summed E-state index contributed by atoms with van der Waals surface area (Å²) in [6.07, 6.45) is 10.3. The minimum atomic E-state index is 0.801. The average molecular weight is 234 g/mol. The van der Waals surface area contributed by atoms with Crippen molar-refractivity contribution in [2.75, 3.05) is 7.11 Å². The Hall–Kier alpha value is -2.64. The molecule has 0 saturated carbocycles. The van der Waals surface area contributed by atoms with Crippen molar-refractivity contribution in [3.63, 3.8) is 0 Å². The first-order chi connectivity index (χ1) is 8.80. The van der Waals surface area contributed by atoms with Crippen LogP contribution >= 0.6 is 0 Å². The fourth-order valence-electron chi connectivity index (χ4n) is 1.25. The maximum atomic E-state index is 5.17. The van der Waals surface area contributed by atoms with Gasteiger partial charge in [0.2, 0.25) is 0 Å². The molecule has 0 radical (unpaired) electrons. The van der Waals surface area contributed by atoms with Gasteiger partial charge >= 0.3 is 0 Å². The second-order valence-electron chi connectivity index (χ2n) is 3.39. The molecule has 1 heteroatoms. The fourth-order valence-corrected chi connectivity index (χ4v) is 1.25. The van der Waals surface area contributed by atoms with E-state index in [2.05, 4.69) is 11.8 Å². The van der Waals surface area contributed by atoms with Crippen molar-refractivity contribution in [1.29, 1.82) is 0 Å². The zero-order valence-electron chi connectivity index (χ0n) is 10.3. The fraction of sp³-hybridized carbons (Fsp3) is 0.0588. The summed E-state index contributed by atoms with van der Waals surface area (Å²) in [5, 5.41) is 0. The van der Waals surface area contributed by atoms with E-state index in [-0.39, 0.29) is 0 Å². The van der Waals surface area contributed by atoms with Crippen LogP contribution in [-0.4, -0.2) is 7.11 Å². The third kappa shape index (κ3) is 4.47. The van der Waals surface area contributed by atoms with Gasteiger partial charge in [0.1, 0.15) is 5.75 Å². The van der Waals surface area contributed by atoms with Crippen LogP contribution in [0.3, 0.4) is 0 Å². The van der Waals surface area contributed by atoms with E-state index in [0.717, 1.165) is 16.9 Å². The Balaban J connectivity index is 0.000000184. The number of ether oxygens (including phenoxy) is 1. The normalized spacial score (nSPS) is 8.17. The second-order valence-corrected chi connectivity index (χ2v) is 3.39. The van der Waals surface area contributed by atoms with Crippen LogP contribution in [0.15, 0.2) is 54.6 Å².